The summed E-state index contributed by atoms with van der Waals surface area (Å²) in [5.74, 6) is -1.21. The van der Waals surface area contributed by atoms with Gasteiger partial charge in [-0.3, -0.25) is 9.59 Å². The van der Waals surface area contributed by atoms with Gasteiger partial charge < -0.3 is 10.1 Å². The summed E-state index contributed by atoms with van der Waals surface area (Å²) in [5.41, 5.74) is 6.47. The van der Waals surface area contributed by atoms with Gasteiger partial charge in [-0.05, 0) is 65.4 Å². The summed E-state index contributed by atoms with van der Waals surface area (Å²) < 4.78 is 4.98. The molecule has 3 aromatic carbocycles. The van der Waals surface area contributed by atoms with Crippen LogP contribution >= 0.6 is 0 Å². The number of amides is 1. The van der Waals surface area contributed by atoms with Crippen molar-refractivity contribution in [1.29, 1.82) is 5.26 Å². The molecule has 3 aromatic rings. The first-order valence-corrected chi connectivity index (χ1v) is 10.1. The number of fused-ring (bicyclic) bond motifs is 4. The summed E-state index contributed by atoms with van der Waals surface area (Å²) in [5, 5.41) is 12.1. The maximum absolute atomic E-state index is 12.9. The highest BCUT2D eigenvalue weighted by molar-refractivity contribution is 6.06. The number of esters is 1. The lowest BCUT2D eigenvalue weighted by molar-refractivity contribution is -0.146. The van der Waals surface area contributed by atoms with Crippen molar-refractivity contribution >= 4 is 11.9 Å². The minimum Gasteiger partial charge on any atom is -0.469 e. The topological polar surface area (TPSA) is 79.2 Å². The number of ether oxygens (including phenoxy) is 1. The van der Waals surface area contributed by atoms with Crippen LogP contribution in [0.3, 0.4) is 0 Å². The Kier molecular flexibility index (Phi) is 5.55. The predicted octanol–water partition coefficient (Wildman–Crippen LogP) is 4.36. The molecule has 1 amide bonds. The molecule has 0 aliphatic heterocycles. The van der Waals surface area contributed by atoms with Crippen LogP contribution in [0.15, 0.2) is 66.7 Å². The van der Waals surface area contributed by atoms with Crippen LogP contribution in [-0.2, 0) is 16.0 Å². The molecule has 2 atom stereocenters. The normalized spacial score (nSPS) is 12.9. The maximum atomic E-state index is 12.9. The fourth-order valence-corrected chi connectivity index (χ4v) is 4.06. The molecule has 5 nitrogen and oxygen atoms in total. The monoisotopic (exact) mass is 410 g/mol. The number of nitrogens with zero attached hydrogens (tertiary/aromatic N) is 1. The fourth-order valence-electron chi connectivity index (χ4n) is 4.06. The molecule has 0 aromatic heterocycles. The third kappa shape index (κ3) is 3.93. The highest BCUT2D eigenvalue weighted by atomic mass is 16.5. The van der Waals surface area contributed by atoms with Crippen molar-refractivity contribution in [1.82, 2.24) is 5.32 Å². The lowest BCUT2D eigenvalue weighted by atomic mass is 9.80. The maximum Gasteiger partial charge on any atom is 0.311 e. The number of carbonyl (C=O) groups excluding carboxylic acids is 2. The van der Waals surface area contributed by atoms with Gasteiger partial charge in [-0.1, -0.05) is 42.5 Å². The average Bonchev–Trinajstić information content (AvgIpc) is 2.80. The van der Waals surface area contributed by atoms with Crippen molar-refractivity contribution in [2.45, 2.75) is 19.4 Å². The highest BCUT2D eigenvalue weighted by Gasteiger charge is 2.29. The standard InChI is InChI=1S/C26H22N2O3/c1-16(23(26(30)31-2)13-17-6-5-7-18(12-17)15-27)28-25(29)19-10-11-22-20-8-3-4-9-21(20)24(22)14-19/h3-12,14,16,23H,13H2,1-2H3,(H,28,29)/t16?,23-/m1/s1. The first kappa shape index (κ1) is 20.4. The zero-order valence-corrected chi connectivity index (χ0v) is 17.4. The first-order valence-electron chi connectivity index (χ1n) is 10.1. The zero-order chi connectivity index (χ0) is 22.0. The number of nitriles is 1. The van der Waals surface area contributed by atoms with Crippen molar-refractivity contribution < 1.29 is 14.3 Å². The number of hydrogen-bond acceptors (Lipinski definition) is 4. The molecule has 1 aliphatic rings. The summed E-state index contributed by atoms with van der Waals surface area (Å²) in [6.45, 7) is 1.80. The summed E-state index contributed by atoms with van der Waals surface area (Å²) in [6, 6.07) is 22.5. The molecule has 4 rings (SSSR count). The molecule has 154 valence electrons. The minimum atomic E-state index is -0.574. The highest BCUT2D eigenvalue weighted by Crippen LogP contribution is 2.46. The predicted molar refractivity (Wildman–Crippen MR) is 118 cm³/mol. The Morgan fingerprint density at radius 1 is 0.968 bits per heavy atom. The molecule has 0 radical (unpaired) electrons. The lowest BCUT2D eigenvalue weighted by Gasteiger charge is -2.25. The van der Waals surface area contributed by atoms with Gasteiger partial charge in [0.2, 0.25) is 0 Å². The van der Waals surface area contributed by atoms with Crippen LogP contribution in [0.4, 0.5) is 0 Å². The van der Waals surface area contributed by atoms with E-state index >= 15 is 0 Å². The van der Waals surface area contributed by atoms with Crippen LogP contribution in [0.5, 0.6) is 0 Å². The van der Waals surface area contributed by atoms with Crippen molar-refractivity contribution in [3.63, 3.8) is 0 Å². The average molecular weight is 410 g/mol. The second kappa shape index (κ2) is 8.45. The summed E-state index contributed by atoms with van der Waals surface area (Å²) in [4.78, 5) is 25.4. The third-order valence-electron chi connectivity index (χ3n) is 5.77. The second-order valence-electron chi connectivity index (χ2n) is 7.71. The molecule has 0 saturated heterocycles. The quantitative estimate of drug-likeness (QED) is 0.479. The van der Waals surface area contributed by atoms with Gasteiger partial charge in [0.1, 0.15) is 0 Å². The largest absolute Gasteiger partial charge is 0.469 e. The molecule has 0 heterocycles. The Bertz CT molecular complexity index is 1210. The Morgan fingerprint density at radius 3 is 2.39 bits per heavy atom. The molecular weight excluding hydrogens is 388 g/mol. The number of hydrogen-bond donors (Lipinski definition) is 1. The molecule has 0 saturated carbocycles. The summed E-state index contributed by atoms with van der Waals surface area (Å²) in [7, 11) is 1.34. The van der Waals surface area contributed by atoms with Crippen LogP contribution in [0.2, 0.25) is 0 Å². The number of carbonyl (C=O) groups is 2. The lowest BCUT2D eigenvalue weighted by Crippen LogP contribution is -2.42. The van der Waals surface area contributed by atoms with E-state index in [1.807, 2.05) is 36.4 Å². The van der Waals surface area contributed by atoms with Crippen LogP contribution in [0, 0.1) is 17.2 Å². The van der Waals surface area contributed by atoms with Crippen LogP contribution in [0.25, 0.3) is 22.3 Å². The van der Waals surface area contributed by atoms with Gasteiger partial charge in [-0.15, -0.1) is 0 Å². The Hall–Kier alpha value is -3.91. The molecule has 1 aliphatic carbocycles. The van der Waals surface area contributed by atoms with E-state index in [0.717, 1.165) is 22.3 Å². The molecular formula is C26H22N2O3. The van der Waals surface area contributed by atoms with Gasteiger partial charge in [0.15, 0.2) is 0 Å². The van der Waals surface area contributed by atoms with Crippen LogP contribution < -0.4 is 5.32 Å². The number of benzene rings is 3. The van der Waals surface area contributed by atoms with Crippen LogP contribution in [0.1, 0.15) is 28.4 Å². The molecule has 0 bridgehead atoms. The number of methoxy groups -OCH3 is 1. The fraction of sp³-hybridized carbons (Fsp3) is 0.192. The van der Waals surface area contributed by atoms with Crippen molar-refractivity contribution in [2.24, 2.45) is 5.92 Å². The first-order chi connectivity index (χ1) is 15.0. The summed E-state index contributed by atoms with van der Waals surface area (Å²) in [6.07, 6.45) is 0.362. The van der Waals surface area contributed by atoms with Gasteiger partial charge in [0, 0.05) is 11.6 Å². The third-order valence-corrected chi connectivity index (χ3v) is 5.77. The van der Waals surface area contributed by atoms with E-state index in [4.69, 9.17) is 10.00 Å². The van der Waals surface area contributed by atoms with E-state index in [1.165, 1.54) is 12.7 Å². The molecule has 5 heteroatoms. The number of rotatable bonds is 6. The molecule has 0 spiro atoms. The van der Waals surface area contributed by atoms with Gasteiger partial charge in [-0.25, -0.2) is 0 Å². The number of nitrogens with one attached hydrogen (secondary N) is 1. The van der Waals surface area contributed by atoms with E-state index in [2.05, 4.69) is 17.5 Å². The SMILES string of the molecule is COC(=O)[C@H](Cc1cccc(C#N)c1)C(C)NC(=O)c1ccc2c(c1)-c1ccccc1-2. The Labute approximate surface area is 181 Å². The van der Waals surface area contributed by atoms with E-state index in [-0.39, 0.29) is 5.91 Å². The van der Waals surface area contributed by atoms with E-state index in [9.17, 15) is 9.59 Å². The van der Waals surface area contributed by atoms with Gasteiger partial charge >= 0.3 is 5.97 Å². The molecule has 0 fully saturated rings. The smallest absolute Gasteiger partial charge is 0.311 e. The van der Waals surface area contributed by atoms with Gasteiger partial charge in [-0.2, -0.15) is 5.26 Å². The van der Waals surface area contributed by atoms with E-state index in [1.54, 1.807) is 31.2 Å². The molecule has 31 heavy (non-hydrogen) atoms. The van der Waals surface area contributed by atoms with E-state index in [0.29, 0.717) is 17.5 Å². The van der Waals surface area contributed by atoms with E-state index < -0.39 is 17.9 Å². The van der Waals surface area contributed by atoms with Gasteiger partial charge in [0.05, 0.1) is 24.7 Å². The zero-order valence-electron chi connectivity index (χ0n) is 17.4. The summed E-state index contributed by atoms with van der Waals surface area (Å²) >= 11 is 0. The van der Waals surface area contributed by atoms with Gasteiger partial charge in [0.25, 0.3) is 5.91 Å². The molecule has 1 N–H and O–H groups in total. The van der Waals surface area contributed by atoms with Crippen molar-refractivity contribution in [2.75, 3.05) is 7.11 Å². The molecule has 1 unspecified atom stereocenters. The second-order valence-corrected chi connectivity index (χ2v) is 7.71. The van der Waals surface area contributed by atoms with Crippen molar-refractivity contribution in [3.8, 4) is 28.3 Å². The minimum absolute atomic E-state index is 0.237. The van der Waals surface area contributed by atoms with Crippen molar-refractivity contribution in [3.05, 3.63) is 83.4 Å². The Morgan fingerprint density at radius 2 is 1.68 bits per heavy atom. The Balaban J connectivity index is 1.50. The van der Waals surface area contributed by atoms with Crippen LogP contribution in [-0.4, -0.2) is 25.0 Å².